The molecule has 1 aliphatic heterocycles. The van der Waals surface area contributed by atoms with Gasteiger partial charge in [-0.05, 0) is 43.1 Å². The molecule has 2 aromatic carbocycles. The van der Waals surface area contributed by atoms with Gasteiger partial charge in [-0.1, -0.05) is 36.4 Å². The molecule has 0 radical (unpaired) electrons. The Morgan fingerprint density at radius 1 is 1.17 bits per heavy atom. The molecule has 1 heterocycles. The lowest BCUT2D eigenvalue weighted by molar-refractivity contribution is -0.122. The summed E-state index contributed by atoms with van der Waals surface area (Å²) in [4.78, 5) is 14.3. The smallest absolute Gasteiger partial charge is 0.234 e. The zero-order chi connectivity index (χ0) is 20.5. The summed E-state index contributed by atoms with van der Waals surface area (Å²) in [6, 6.07) is 15.8. The summed E-state index contributed by atoms with van der Waals surface area (Å²) in [5.74, 6) is 1.35. The van der Waals surface area contributed by atoms with Crippen molar-refractivity contribution in [3.63, 3.8) is 0 Å². The summed E-state index contributed by atoms with van der Waals surface area (Å²) in [5.41, 5.74) is 2.15. The summed E-state index contributed by atoms with van der Waals surface area (Å²) in [7, 11) is 3.56. The van der Waals surface area contributed by atoms with Crippen LogP contribution in [0.5, 0.6) is 11.5 Å². The average Bonchev–Trinajstić information content (AvgIpc) is 3.25. The van der Waals surface area contributed by atoms with Crippen LogP contribution in [0.4, 0.5) is 0 Å². The number of carbonyl (C=O) groups excluding carboxylic acids is 1. The van der Waals surface area contributed by atoms with Crippen LogP contribution in [-0.4, -0.2) is 50.8 Å². The Morgan fingerprint density at radius 3 is 2.72 bits per heavy atom. The Morgan fingerprint density at radius 2 is 2.00 bits per heavy atom. The van der Waals surface area contributed by atoms with Gasteiger partial charge in [0, 0.05) is 19.7 Å². The Balaban J connectivity index is 1.45. The number of ether oxygens (including phenoxy) is 3. The van der Waals surface area contributed by atoms with E-state index in [-0.39, 0.29) is 12.0 Å². The van der Waals surface area contributed by atoms with Crippen LogP contribution in [0.3, 0.4) is 0 Å². The van der Waals surface area contributed by atoms with Crippen molar-refractivity contribution in [1.82, 2.24) is 10.2 Å². The van der Waals surface area contributed by atoms with Crippen LogP contribution in [0.15, 0.2) is 48.5 Å². The van der Waals surface area contributed by atoms with Gasteiger partial charge in [-0.25, -0.2) is 0 Å². The highest BCUT2D eigenvalue weighted by atomic mass is 16.5. The normalized spacial score (nSPS) is 16.0. The van der Waals surface area contributed by atoms with Crippen molar-refractivity contribution >= 4 is 5.91 Å². The number of hydrogen-bond donors (Lipinski definition) is 1. The molecule has 6 nitrogen and oxygen atoms in total. The van der Waals surface area contributed by atoms with Crippen molar-refractivity contribution in [3.8, 4) is 11.5 Å². The molecule has 6 heteroatoms. The maximum absolute atomic E-state index is 12.3. The zero-order valence-corrected chi connectivity index (χ0v) is 17.2. The minimum absolute atomic E-state index is 0.0129. The molecule has 3 rings (SSSR count). The fourth-order valence-corrected chi connectivity index (χ4v) is 3.35. The van der Waals surface area contributed by atoms with Crippen LogP contribution >= 0.6 is 0 Å². The highest BCUT2D eigenvalue weighted by Crippen LogP contribution is 2.29. The highest BCUT2D eigenvalue weighted by Gasteiger charge is 2.17. The highest BCUT2D eigenvalue weighted by molar-refractivity contribution is 5.78. The quantitative estimate of drug-likeness (QED) is 0.667. The second kappa shape index (κ2) is 10.8. The predicted molar refractivity (Wildman–Crippen MR) is 112 cm³/mol. The lowest BCUT2D eigenvalue weighted by Crippen LogP contribution is -2.34. The van der Waals surface area contributed by atoms with E-state index in [1.54, 1.807) is 7.11 Å². The van der Waals surface area contributed by atoms with Gasteiger partial charge in [-0.15, -0.1) is 0 Å². The molecule has 0 aliphatic carbocycles. The van der Waals surface area contributed by atoms with Gasteiger partial charge in [0.2, 0.25) is 5.91 Å². The molecule has 0 bridgehead atoms. The minimum Gasteiger partial charge on any atom is -0.493 e. The Labute approximate surface area is 172 Å². The van der Waals surface area contributed by atoms with E-state index in [1.807, 2.05) is 48.3 Å². The fourth-order valence-electron chi connectivity index (χ4n) is 3.35. The van der Waals surface area contributed by atoms with Gasteiger partial charge in [0.1, 0.15) is 6.61 Å². The van der Waals surface area contributed by atoms with Crippen molar-refractivity contribution in [1.29, 1.82) is 0 Å². The third kappa shape index (κ3) is 6.76. The maximum Gasteiger partial charge on any atom is 0.234 e. The van der Waals surface area contributed by atoms with E-state index in [1.165, 1.54) is 5.56 Å². The average molecular weight is 399 g/mol. The molecule has 156 valence electrons. The molecule has 0 saturated carbocycles. The number of carbonyl (C=O) groups is 1. The van der Waals surface area contributed by atoms with Crippen molar-refractivity contribution in [2.24, 2.45) is 0 Å². The summed E-state index contributed by atoms with van der Waals surface area (Å²) < 4.78 is 16.9. The number of benzene rings is 2. The number of nitrogens with one attached hydrogen (secondary N) is 1. The molecule has 1 fully saturated rings. The molecule has 1 unspecified atom stereocenters. The molecule has 1 N–H and O–H groups in total. The molecule has 1 amide bonds. The first-order chi connectivity index (χ1) is 14.1. The van der Waals surface area contributed by atoms with Gasteiger partial charge in [0.15, 0.2) is 11.5 Å². The fraction of sp³-hybridized carbons (Fsp3) is 0.435. The van der Waals surface area contributed by atoms with Crippen molar-refractivity contribution in [2.75, 3.05) is 33.9 Å². The minimum atomic E-state index is -0.0129. The van der Waals surface area contributed by atoms with Gasteiger partial charge >= 0.3 is 0 Å². The van der Waals surface area contributed by atoms with E-state index in [4.69, 9.17) is 14.2 Å². The largest absolute Gasteiger partial charge is 0.493 e. The second-order valence-electron chi connectivity index (χ2n) is 7.37. The first-order valence-electron chi connectivity index (χ1n) is 10.0. The molecular formula is C23H30N2O4. The number of rotatable bonds is 10. The number of nitrogens with zero attached hydrogens (tertiary/aromatic N) is 1. The zero-order valence-electron chi connectivity index (χ0n) is 17.2. The standard InChI is InChI=1S/C23H30N2O4/c1-25(15-18-7-4-3-5-8-18)16-23(26)24-14-19-10-11-21(22(13-19)27-2)29-17-20-9-6-12-28-20/h3-5,7-8,10-11,13,20H,6,9,12,14-17H2,1-2H3,(H,24,26). The summed E-state index contributed by atoms with van der Waals surface area (Å²) in [5, 5.41) is 2.97. The van der Waals surface area contributed by atoms with Crippen LogP contribution in [0.1, 0.15) is 24.0 Å². The maximum atomic E-state index is 12.3. The summed E-state index contributed by atoms with van der Waals surface area (Å²) in [6.07, 6.45) is 2.28. The van der Waals surface area contributed by atoms with Gasteiger partial charge < -0.3 is 19.5 Å². The number of amides is 1. The Bertz CT molecular complexity index is 776. The predicted octanol–water partition coefficient (Wildman–Crippen LogP) is 3.00. The van der Waals surface area contributed by atoms with Gasteiger partial charge in [0.25, 0.3) is 0 Å². The lowest BCUT2D eigenvalue weighted by Gasteiger charge is -2.17. The topological polar surface area (TPSA) is 60.0 Å². The first-order valence-corrected chi connectivity index (χ1v) is 10.0. The van der Waals surface area contributed by atoms with Gasteiger partial charge in [-0.3, -0.25) is 9.69 Å². The van der Waals surface area contributed by atoms with E-state index < -0.39 is 0 Å². The van der Waals surface area contributed by atoms with E-state index in [0.717, 1.165) is 31.6 Å². The van der Waals surface area contributed by atoms with Crippen molar-refractivity contribution in [3.05, 3.63) is 59.7 Å². The number of methoxy groups -OCH3 is 1. The molecule has 0 aromatic heterocycles. The molecule has 2 aromatic rings. The van der Waals surface area contributed by atoms with Crippen LogP contribution in [0.25, 0.3) is 0 Å². The first kappa shape index (κ1) is 21.1. The Hall–Kier alpha value is -2.57. The van der Waals surface area contributed by atoms with E-state index in [2.05, 4.69) is 17.4 Å². The van der Waals surface area contributed by atoms with E-state index in [0.29, 0.717) is 31.2 Å². The number of likely N-dealkylation sites (N-methyl/N-ethyl adjacent to an activating group) is 1. The third-order valence-electron chi connectivity index (χ3n) is 4.88. The lowest BCUT2D eigenvalue weighted by atomic mass is 10.2. The van der Waals surface area contributed by atoms with Crippen LogP contribution in [-0.2, 0) is 22.6 Å². The summed E-state index contributed by atoms with van der Waals surface area (Å²) in [6.45, 7) is 2.86. The molecule has 0 spiro atoms. The van der Waals surface area contributed by atoms with E-state index in [9.17, 15) is 4.79 Å². The molecule has 1 aliphatic rings. The van der Waals surface area contributed by atoms with Crippen LogP contribution in [0, 0.1) is 0 Å². The van der Waals surface area contributed by atoms with Crippen LogP contribution < -0.4 is 14.8 Å². The van der Waals surface area contributed by atoms with Crippen molar-refractivity contribution < 1.29 is 19.0 Å². The molecule has 29 heavy (non-hydrogen) atoms. The van der Waals surface area contributed by atoms with E-state index >= 15 is 0 Å². The third-order valence-corrected chi connectivity index (χ3v) is 4.88. The molecule has 1 saturated heterocycles. The van der Waals surface area contributed by atoms with Gasteiger partial charge in [0.05, 0.1) is 19.8 Å². The summed E-state index contributed by atoms with van der Waals surface area (Å²) >= 11 is 0. The molecule has 1 atom stereocenters. The number of hydrogen-bond acceptors (Lipinski definition) is 5. The van der Waals surface area contributed by atoms with Crippen molar-refractivity contribution in [2.45, 2.75) is 32.0 Å². The second-order valence-corrected chi connectivity index (χ2v) is 7.37. The molecular weight excluding hydrogens is 368 g/mol. The monoisotopic (exact) mass is 398 g/mol. The van der Waals surface area contributed by atoms with Crippen LogP contribution in [0.2, 0.25) is 0 Å². The SMILES string of the molecule is COc1cc(CNC(=O)CN(C)Cc2ccccc2)ccc1OCC1CCCO1. The Kier molecular flexibility index (Phi) is 7.90. The van der Waals surface area contributed by atoms with Gasteiger partial charge in [-0.2, -0.15) is 0 Å².